The second-order valence-electron chi connectivity index (χ2n) is 2.84. The van der Waals surface area contributed by atoms with Crippen LogP contribution in [0, 0.1) is 0 Å². The summed E-state index contributed by atoms with van der Waals surface area (Å²) in [6.07, 6.45) is -0.306. The van der Waals surface area contributed by atoms with Crippen molar-refractivity contribution in [3.05, 3.63) is 0 Å². The van der Waals surface area contributed by atoms with Gasteiger partial charge >= 0.3 is 6.09 Å². The van der Waals surface area contributed by atoms with Gasteiger partial charge in [-0.1, -0.05) is 6.42 Å². The van der Waals surface area contributed by atoms with Crippen LogP contribution < -0.4 is 16.8 Å². The molecule has 0 aromatic heterocycles. The van der Waals surface area contributed by atoms with E-state index in [9.17, 15) is 4.79 Å². The van der Waals surface area contributed by atoms with E-state index in [-0.39, 0.29) is 0 Å². The number of aliphatic hydroxyl groups excluding tert-OH is 1. The molecule has 0 aromatic carbocycles. The summed E-state index contributed by atoms with van der Waals surface area (Å²) in [4.78, 5) is 10.1. The number of aliphatic hydroxyl groups is 1. The molecule has 78 valence electrons. The third-order valence-corrected chi connectivity index (χ3v) is 1.67. The Balaban J connectivity index is 3.56. The number of carboxylic acid groups (broad SMARTS) is 1. The standard InChI is InChI=1S/C7H17N3O3/c8-4-2-1-3-5(9)6(11)10-7(12)13/h5-6,10-11H,1-4,8-9H2,(H,12,13)/t5-,6?/m0/s1. The van der Waals surface area contributed by atoms with Gasteiger partial charge in [-0.25, -0.2) is 4.79 Å². The number of carbonyl (C=O) groups is 1. The van der Waals surface area contributed by atoms with Gasteiger partial charge in [0.2, 0.25) is 0 Å². The lowest BCUT2D eigenvalue weighted by Crippen LogP contribution is -2.47. The minimum atomic E-state index is -1.28. The molecule has 0 bridgehead atoms. The Labute approximate surface area is 76.9 Å². The fraction of sp³-hybridized carbons (Fsp3) is 0.857. The van der Waals surface area contributed by atoms with E-state index in [2.05, 4.69) is 0 Å². The van der Waals surface area contributed by atoms with Crippen molar-refractivity contribution in [2.75, 3.05) is 6.54 Å². The highest BCUT2D eigenvalue weighted by atomic mass is 16.4. The van der Waals surface area contributed by atoms with Crippen LogP contribution in [0.15, 0.2) is 0 Å². The van der Waals surface area contributed by atoms with Crippen molar-refractivity contribution in [1.29, 1.82) is 0 Å². The Morgan fingerprint density at radius 2 is 2.08 bits per heavy atom. The van der Waals surface area contributed by atoms with Crippen LogP contribution in [-0.2, 0) is 0 Å². The van der Waals surface area contributed by atoms with Gasteiger partial charge in [-0.2, -0.15) is 0 Å². The predicted molar refractivity (Wildman–Crippen MR) is 48.0 cm³/mol. The smallest absolute Gasteiger partial charge is 0.406 e. The lowest BCUT2D eigenvalue weighted by atomic mass is 10.1. The first-order valence-corrected chi connectivity index (χ1v) is 4.21. The molecule has 1 amide bonds. The van der Waals surface area contributed by atoms with Gasteiger partial charge in [0.1, 0.15) is 6.23 Å². The summed E-state index contributed by atoms with van der Waals surface area (Å²) in [5.41, 5.74) is 10.7. The predicted octanol–water partition coefficient (Wildman–Crippen LogP) is -0.971. The van der Waals surface area contributed by atoms with Crippen molar-refractivity contribution >= 4 is 6.09 Å². The Bertz CT molecular complexity index is 154. The second-order valence-corrected chi connectivity index (χ2v) is 2.84. The van der Waals surface area contributed by atoms with Crippen molar-refractivity contribution < 1.29 is 15.0 Å². The van der Waals surface area contributed by atoms with Crippen molar-refractivity contribution in [2.45, 2.75) is 31.5 Å². The molecule has 0 aliphatic carbocycles. The maximum absolute atomic E-state index is 10.1. The highest BCUT2D eigenvalue weighted by molar-refractivity contribution is 5.64. The van der Waals surface area contributed by atoms with E-state index < -0.39 is 18.4 Å². The molecular weight excluding hydrogens is 174 g/mol. The van der Waals surface area contributed by atoms with E-state index >= 15 is 0 Å². The van der Waals surface area contributed by atoms with Crippen molar-refractivity contribution in [1.82, 2.24) is 5.32 Å². The van der Waals surface area contributed by atoms with Gasteiger partial charge in [-0.05, 0) is 19.4 Å². The minimum absolute atomic E-state index is 0.554. The molecule has 0 spiro atoms. The highest BCUT2D eigenvalue weighted by Crippen LogP contribution is 2.00. The average Bonchev–Trinajstić information content (AvgIpc) is 2.03. The van der Waals surface area contributed by atoms with Crippen molar-refractivity contribution in [3.8, 4) is 0 Å². The van der Waals surface area contributed by atoms with Crippen LogP contribution in [0.25, 0.3) is 0 Å². The zero-order valence-electron chi connectivity index (χ0n) is 7.44. The monoisotopic (exact) mass is 191 g/mol. The van der Waals surface area contributed by atoms with Gasteiger partial charge in [0.05, 0.1) is 0 Å². The first-order valence-electron chi connectivity index (χ1n) is 4.21. The summed E-state index contributed by atoms with van der Waals surface area (Å²) in [5.74, 6) is 0. The number of hydrogen-bond donors (Lipinski definition) is 5. The molecule has 1 unspecified atom stereocenters. The molecular formula is C7H17N3O3. The third-order valence-electron chi connectivity index (χ3n) is 1.67. The molecule has 2 atom stereocenters. The van der Waals surface area contributed by atoms with Crippen LogP contribution in [0.5, 0.6) is 0 Å². The number of nitrogens with one attached hydrogen (secondary N) is 1. The maximum Gasteiger partial charge on any atom is 0.406 e. The lowest BCUT2D eigenvalue weighted by Gasteiger charge is -2.17. The Kier molecular flexibility index (Phi) is 6.21. The third kappa shape index (κ3) is 6.32. The van der Waals surface area contributed by atoms with Gasteiger partial charge in [-0.15, -0.1) is 0 Å². The number of hydrogen-bond acceptors (Lipinski definition) is 4. The summed E-state index contributed by atoms with van der Waals surface area (Å²) in [7, 11) is 0. The number of amides is 1. The minimum Gasteiger partial charge on any atom is -0.465 e. The quantitative estimate of drug-likeness (QED) is 0.273. The van der Waals surface area contributed by atoms with Gasteiger partial charge < -0.3 is 21.7 Å². The summed E-state index contributed by atoms with van der Waals surface area (Å²) < 4.78 is 0. The second kappa shape index (κ2) is 6.64. The van der Waals surface area contributed by atoms with Gasteiger partial charge in [0.15, 0.2) is 0 Å². The molecule has 13 heavy (non-hydrogen) atoms. The lowest BCUT2D eigenvalue weighted by molar-refractivity contribution is 0.0971. The van der Waals surface area contributed by atoms with Crippen LogP contribution in [0.1, 0.15) is 19.3 Å². The molecule has 0 saturated heterocycles. The average molecular weight is 191 g/mol. The molecule has 0 saturated carbocycles. The Hall–Kier alpha value is -0.850. The summed E-state index contributed by atoms with van der Waals surface area (Å²) in [6, 6.07) is -0.567. The molecule has 0 rings (SSSR count). The van der Waals surface area contributed by atoms with E-state index in [0.717, 1.165) is 12.8 Å². The SMILES string of the molecule is NCCCC[C@H](N)C(O)NC(=O)O. The Morgan fingerprint density at radius 1 is 1.46 bits per heavy atom. The molecule has 0 aliphatic heterocycles. The zero-order chi connectivity index (χ0) is 10.3. The number of nitrogens with two attached hydrogens (primary N) is 2. The zero-order valence-corrected chi connectivity index (χ0v) is 7.44. The molecule has 7 N–H and O–H groups in total. The van der Waals surface area contributed by atoms with Crippen LogP contribution in [0.4, 0.5) is 4.79 Å². The van der Waals surface area contributed by atoms with Crippen LogP contribution in [0.2, 0.25) is 0 Å². The van der Waals surface area contributed by atoms with Gasteiger partial charge in [-0.3, -0.25) is 5.32 Å². The Morgan fingerprint density at radius 3 is 2.54 bits per heavy atom. The molecule has 6 nitrogen and oxygen atoms in total. The molecule has 0 radical (unpaired) electrons. The van der Waals surface area contributed by atoms with E-state index in [0.29, 0.717) is 13.0 Å². The summed E-state index contributed by atoms with van der Waals surface area (Å²) in [5, 5.41) is 19.3. The fourth-order valence-corrected chi connectivity index (χ4v) is 0.916. The molecule has 0 aliphatic rings. The maximum atomic E-state index is 10.1. The highest BCUT2D eigenvalue weighted by Gasteiger charge is 2.15. The topological polar surface area (TPSA) is 122 Å². The summed E-state index contributed by atoms with van der Waals surface area (Å²) in [6.45, 7) is 0.579. The molecule has 6 heteroatoms. The van der Waals surface area contributed by atoms with E-state index in [1.54, 1.807) is 0 Å². The first kappa shape index (κ1) is 12.2. The van der Waals surface area contributed by atoms with Crippen LogP contribution in [0.3, 0.4) is 0 Å². The van der Waals surface area contributed by atoms with E-state index in [1.165, 1.54) is 0 Å². The van der Waals surface area contributed by atoms with Crippen LogP contribution in [-0.4, -0.2) is 35.1 Å². The first-order chi connectivity index (χ1) is 6.07. The molecule has 0 heterocycles. The largest absolute Gasteiger partial charge is 0.465 e. The van der Waals surface area contributed by atoms with Gasteiger partial charge in [0.25, 0.3) is 0 Å². The molecule has 0 fully saturated rings. The molecule has 0 aromatic rings. The van der Waals surface area contributed by atoms with E-state index in [1.807, 2.05) is 5.32 Å². The fourth-order valence-electron chi connectivity index (χ4n) is 0.916. The van der Waals surface area contributed by atoms with Crippen LogP contribution >= 0.6 is 0 Å². The number of unbranched alkanes of at least 4 members (excludes halogenated alkanes) is 1. The van der Waals surface area contributed by atoms with Gasteiger partial charge in [0, 0.05) is 6.04 Å². The van der Waals surface area contributed by atoms with Crippen molar-refractivity contribution in [2.24, 2.45) is 11.5 Å². The van der Waals surface area contributed by atoms with E-state index in [4.69, 9.17) is 21.7 Å². The summed E-state index contributed by atoms with van der Waals surface area (Å²) >= 11 is 0. The van der Waals surface area contributed by atoms with Crippen molar-refractivity contribution in [3.63, 3.8) is 0 Å². The number of rotatable bonds is 6. The normalized spacial score (nSPS) is 15.0.